The zero-order chi connectivity index (χ0) is 25.4. The van der Waals surface area contributed by atoms with Crippen LogP contribution in [-0.2, 0) is 32.0 Å². The number of aromatic amines is 1. The van der Waals surface area contributed by atoms with Crippen molar-refractivity contribution in [1.29, 1.82) is 0 Å². The van der Waals surface area contributed by atoms with Gasteiger partial charge in [-0.1, -0.05) is 0 Å². The molecule has 1 aromatic rings. The van der Waals surface area contributed by atoms with Crippen LogP contribution in [-0.4, -0.2) is 84.1 Å². The third-order valence-corrected chi connectivity index (χ3v) is 7.60. The summed E-state index contributed by atoms with van der Waals surface area (Å²) in [6.45, 7) is 0.617. The van der Waals surface area contributed by atoms with Crippen molar-refractivity contribution in [1.82, 2.24) is 9.55 Å². The number of ether oxygens (including phenoxy) is 2. The highest BCUT2D eigenvalue weighted by atomic mass is 31.3. The molecular formula is C15H25N3O14P2. The van der Waals surface area contributed by atoms with Gasteiger partial charge in [-0.2, -0.15) is 4.31 Å². The second kappa shape index (κ2) is 10.4. The van der Waals surface area contributed by atoms with Crippen LogP contribution in [0.25, 0.3) is 0 Å². The van der Waals surface area contributed by atoms with Crippen LogP contribution in [0.4, 0.5) is 0 Å². The van der Waals surface area contributed by atoms with E-state index in [0.717, 1.165) is 16.8 Å². The van der Waals surface area contributed by atoms with Crippen molar-refractivity contribution < 1.29 is 57.1 Å². The number of aliphatic hydroxyl groups excluding tert-OH is 3. The molecule has 2 fully saturated rings. The van der Waals surface area contributed by atoms with Crippen LogP contribution >= 0.6 is 15.6 Å². The number of phosphoric acid groups is 2. The zero-order valence-corrected chi connectivity index (χ0v) is 19.3. The average Bonchev–Trinajstić information content (AvgIpc) is 2.97. The Bertz CT molecular complexity index is 1080. The van der Waals surface area contributed by atoms with Crippen LogP contribution in [0.3, 0.4) is 0 Å². The first-order valence-electron chi connectivity index (χ1n) is 9.81. The van der Waals surface area contributed by atoms with Crippen molar-refractivity contribution in [2.75, 3.05) is 6.61 Å². The van der Waals surface area contributed by atoms with E-state index >= 15 is 0 Å². The summed E-state index contributed by atoms with van der Waals surface area (Å²) in [4.78, 5) is 44.6. The number of phosphoric ester groups is 2. The number of nitrogens with two attached hydrogens (primary N) is 1. The number of hydrogen-bond acceptors (Lipinski definition) is 13. The minimum absolute atomic E-state index is 0.223. The van der Waals surface area contributed by atoms with Crippen molar-refractivity contribution in [3.05, 3.63) is 33.1 Å². The van der Waals surface area contributed by atoms with Gasteiger partial charge in [-0.25, -0.2) is 13.9 Å². The highest BCUT2D eigenvalue weighted by Gasteiger charge is 2.47. The average molecular weight is 533 g/mol. The maximum Gasteiger partial charge on any atom is 0.483 e. The van der Waals surface area contributed by atoms with Gasteiger partial charge in [0.25, 0.3) is 5.56 Å². The molecule has 3 heterocycles. The molecule has 194 valence electrons. The molecule has 0 aromatic carbocycles. The fraction of sp³-hybridized carbons (Fsp3) is 0.733. The van der Waals surface area contributed by atoms with E-state index in [1.165, 1.54) is 0 Å². The van der Waals surface area contributed by atoms with Gasteiger partial charge < -0.3 is 40.3 Å². The van der Waals surface area contributed by atoms with Gasteiger partial charge in [0.05, 0.1) is 12.7 Å². The van der Waals surface area contributed by atoms with Gasteiger partial charge >= 0.3 is 21.3 Å². The first-order chi connectivity index (χ1) is 15.7. The highest BCUT2D eigenvalue weighted by Crippen LogP contribution is 2.61. The Morgan fingerprint density at radius 2 is 1.82 bits per heavy atom. The maximum atomic E-state index is 12.2. The molecule has 2 saturated heterocycles. The molecule has 8 N–H and O–H groups in total. The van der Waals surface area contributed by atoms with Crippen LogP contribution in [0, 0.1) is 0 Å². The topological polar surface area (TPSA) is 262 Å². The molecule has 10 atom stereocenters. The Labute approximate surface area is 190 Å². The molecule has 0 bridgehead atoms. The van der Waals surface area contributed by atoms with Gasteiger partial charge in [-0.3, -0.25) is 23.4 Å². The van der Waals surface area contributed by atoms with Gasteiger partial charge in [0.2, 0.25) is 0 Å². The zero-order valence-electron chi connectivity index (χ0n) is 17.5. The molecule has 1 aromatic heterocycles. The molecule has 34 heavy (non-hydrogen) atoms. The quantitative estimate of drug-likeness (QED) is 0.167. The Kier molecular flexibility index (Phi) is 8.32. The summed E-state index contributed by atoms with van der Waals surface area (Å²) in [6, 6.07) is 0.101. The summed E-state index contributed by atoms with van der Waals surface area (Å²) in [5.74, 6) is 0. The Balaban J connectivity index is 1.60. The lowest BCUT2D eigenvalue weighted by Crippen LogP contribution is -2.52. The monoisotopic (exact) mass is 533 g/mol. The van der Waals surface area contributed by atoms with E-state index in [2.05, 4.69) is 13.4 Å². The van der Waals surface area contributed by atoms with E-state index in [1.807, 2.05) is 4.98 Å². The summed E-state index contributed by atoms with van der Waals surface area (Å²) in [5, 5.41) is 30.2. The molecule has 19 heteroatoms. The molecule has 10 unspecified atom stereocenters. The maximum absolute atomic E-state index is 12.2. The van der Waals surface area contributed by atoms with Crippen molar-refractivity contribution in [2.24, 2.45) is 5.73 Å². The van der Waals surface area contributed by atoms with E-state index in [4.69, 9.17) is 15.2 Å². The van der Waals surface area contributed by atoms with Gasteiger partial charge in [0.1, 0.15) is 24.4 Å². The molecule has 2 aliphatic heterocycles. The summed E-state index contributed by atoms with van der Waals surface area (Å²) in [5.41, 5.74) is 3.99. The van der Waals surface area contributed by atoms with E-state index in [1.54, 1.807) is 6.92 Å². The molecular weight excluding hydrogens is 508 g/mol. The lowest BCUT2D eigenvalue weighted by Gasteiger charge is -2.36. The Morgan fingerprint density at radius 3 is 2.47 bits per heavy atom. The molecule has 0 radical (unpaired) electrons. The van der Waals surface area contributed by atoms with E-state index in [9.17, 15) is 43.8 Å². The van der Waals surface area contributed by atoms with Gasteiger partial charge in [-0.05, 0) is 13.3 Å². The fourth-order valence-corrected chi connectivity index (χ4v) is 5.53. The van der Waals surface area contributed by atoms with Crippen LogP contribution in [0.5, 0.6) is 0 Å². The predicted octanol–water partition coefficient (Wildman–Crippen LogP) is -2.77. The van der Waals surface area contributed by atoms with Crippen molar-refractivity contribution in [2.45, 2.75) is 62.4 Å². The lowest BCUT2D eigenvalue weighted by atomic mass is 10.0. The molecule has 0 spiro atoms. The smallest absolute Gasteiger partial charge is 0.387 e. The molecule has 17 nitrogen and oxygen atoms in total. The minimum Gasteiger partial charge on any atom is -0.387 e. The molecule has 0 saturated carbocycles. The SMILES string of the molecule is CC1CC(N)C(O)C(OP(=O)(O)OP(=O)(O)OCC2OC(n3ccc(=O)[nH]c3=O)C(O)C2O)O1. The second-order valence-electron chi connectivity index (χ2n) is 7.69. The summed E-state index contributed by atoms with van der Waals surface area (Å²) in [7, 11) is -10.7. The van der Waals surface area contributed by atoms with Gasteiger partial charge in [-0.15, -0.1) is 0 Å². The molecule has 2 aliphatic rings. The second-order valence-corrected chi connectivity index (χ2v) is 10.7. The van der Waals surface area contributed by atoms with Crippen molar-refractivity contribution >= 4 is 15.6 Å². The predicted molar refractivity (Wildman–Crippen MR) is 108 cm³/mol. The summed E-state index contributed by atoms with van der Waals surface area (Å²) < 4.78 is 48.8. The van der Waals surface area contributed by atoms with Gasteiger partial charge in [0.15, 0.2) is 12.5 Å². The molecule has 0 amide bonds. The number of nitrogens with one attached hydrogen (secondary N) is 1. The van der Waals surface area contributed by atoms with Crippen LogP contribution < -0.4 is 17.0 Å². The van der Waals surface area contributed by atoms with Crippen molar-refractivity contribution in [3.8, 4) is 0 Å². The first kappa shape index (κ1) is 27.3. The van der Waals surface area contributed by atoms with E-state index in [0.29, 0.717) is 0 Å². The number of H-pyrrole nitrogens is 1. The largest absolute Gasteiger partial charge is 0.483 e. The third kappa shape index (κ3) is 6.47. The highest BCUT2D eigenvalue weighted by molar-refractivity contribution is 7.61. The number of aliphatic hydroxyl groups is 3. The van der Waals surface area contributed by atoms with Gasteiger partial charge in [0, 0.05) is 18.3 Å². The van der Waals surface area contributed by atoms with Crippen LogP contribution in [0.15, 0.2) is 21.9 Å². The fourth-order valence-electron chi connectivity index (χ4n) is 3.37. The standard InChI is InChI=1S/C15H25N3O14P2/c1-6-4-7(16)10(20)14(29-6)31-34(26,27)32-33(24,25)28-5-8-11(21)12(22)13(30-8)18-3-2-9(19)17-15(18)23/h2-3,6-8,10-14,20-22H,4-5,16H2,1H3,(H,24,25)(H,26,27)(H,17,19,23). The summed E-state index contributed by atoms with van der Waals surface area (Å²) in [6.07, 6.45) is -9.03. The lowest BCUT2D eigenvalue weighted by molar-refractivity contribution is -0.208. The number of hydrogen-bond donors (Lipinski definition) is 7. The number of nitrogens with zero attached hydrogens (tertiary/aromatic N) is 1. The Morgan fingerprint density at radius 1 is 1.15 bits per heavy atom. The molecule has 0 aliphatic carbocycles. The van der Waals surface area contributed by atoms with Crippen LogP contribution in [0.2, 0.25) is 0 Å². The number of rotatable bonds is 8. The van der Waals surface area contributed by atoms with Crippen molar-refractivity contribution in [3.63, 3.8) is 0 Å². The number of aromatic nitrogens is 2. The first-order valence-corrected chi connectivity index (χ1v) is 12.8. The molecule has 3 rings (SSSR count). The summed E-state index contributed by atoms with van der Waals surface area (Å²) >= 11 is 0. The van der Waals surface area contributed by atoms with E-state index < -0.39 is 82.6 Å². The van der Waals surface area contributed by atoms with E-state index in [-0.39, 0.29) is 6.42 Å². The normalized spacial score (nSPS) is 37.7. The Hall–Kier alpha value is -1.30. The third-order valence-electron chi connectivity index (χ3n) is 5.00. The van der Waals surface area contributed by atoms with Crippen LogP contribution in [0.1, 0.15) is 19.6 Å². The minimum atomic E-state index is -5.34.